The smallest absolute Gasteiger partial charge is 0.222 e. The Balaban J connectivity index is 1.67. The van der Waals surface area contributed by atoms with E-state index in [0.29, 0.717) is 25.4 Å². The maximum absolute atomic E-state index is 11.9. The molecule has 23 heavy (non-hydrogen) atoms. The molecule has 1 aliphatic heterocycles. The molecule has 0 radical (unpaired) electrons. The number of likely N-dealkylation sites (tertiary alicyclic amines) is 1. The van der Waals surface area contributed by atoms with Crippen LogP contribution >= 0.6 is 0 Å². The van der Waals surface area contributed by atoms with Crippen molar-refractivity contribution in [3.8, 4) is 0 Å². The SMILES string of the molecule is CN=C(NCCC(=O)NCc1ccccc1)N1CCCC(C)C1. The van der Waals surface area contributed by atoms with Crippen molar-refractivity contribution in [1.29, 1.82) is 0 Å². The Kier molecular flexibility index (Phi) is 6.91. The van der Waals surface area contributed by atoms with E-state index in [2.05, 4.69) is 27.4 Å². The molecule has 0 saturated carbocycles. The fourth-order valence-corrected chi connectivity index (χ4v) is 2.89. The van der Waals surface area contributed by atoms with Crippen molar-refractivity contribution in [3.63, 3.8) is 0 Å². The van der Waals surface area contributed by atoms with Gasteiger partial charge in [-0.1, -0.05) is 37.3 Å². The summed E-state index contributed by atoms with van der Waals surface area (Å²) in [5, 5.41) is 6.25. The van der Waals surface area contributed by atoms with Gasteiger partial charge in [0.15, 0.2) is 5.96 Å². The van der Waals surface area contributed by atoms with Crippen molar-refractivity contribution >= 4 is 11.9 Å². The third kappa shape index (κ3) is 5.93. The van der Waals surface area contributed by atoms with Gasteiger partial charge in [-0.2, -0.15) is 0 Å². The van der Waals surface area contributed by atoms with E-state index >= 15 is 0 Å². The van der Waals surface area contributed by atoms with Gasteiger partial charge >= 0.3 is 0 Å². The molecule has 1 unspecified atom stereocenters. The molecule has 1 saturated heterocycles. The molecular formula is C18H28N4O. The van der Waals surface area contributed by atoms with Gasteiger partial charge in [0.2, 0.25) is 5.91 Å². The summed E-state index contributed by atoms with van der Waals surface area (Å²) in [5.41, 5.74) is 1.12. The molecule has 5 heteroatoms. The maximum Gasteiger partial charge on any atom is 0.222 e. The predicted octanol–water partition coefficient (Wildman–Crippen LogP) is 2.00. The van der Waals surface area contributed by atoms with Crippen molar-refractivity contribution in [2.24, 2.45) is 10.9 Å². The van der Waals surface area contributed by atoms with Crippen LogP contribution in [0, 0.1) is 5.92 Å². The molecular weight excluding hydrogens is 288 g/mol. The zero-order chi connectivity index (χ0) is 16.5. The number of piperidine rings is 1. The van der Waals surface area contributed by atoms with E-state index in [1.165, 1.54) is 12.8 Å². The Bertz CT molecular complexity index is 515. The number of nitrogens with zero attached hydrogens (tertiary/aromatic N) is 2. The summed E-state index contributed by atoms with van der Waals surface area (Å²) in [6, 6.07) is 9.96. The molecule has 1 fully saturated rings. The summed E-state index contributed by atoms with van der Waals surface area (Å²) >= 11 is 0. The first-order chi connectivity index (χ1) is 11.2. The number of carbonyl (C=O) groups excluding carboxylic acids is 1. The lowest BCUT2D eigenvalue weighted by atomic mass is 10.0. The van der Waals surface area contributed by atoms with E-state index in [4.69, 9.17) is 0 Å². The first-order valence-electron chi connectivity index (χ1n) is 8.45. The second kappa shape index (κ2) is 9.18. The summed E-state index contributed by atoms with van der Waals surface area (Å²) < 4.78 is 0. The molecule has 1 heterocycles. The Labute approximate surface area is 139 Å². The average molecular weight is 316 g/mol. The van der Waals surface area contributed by atoms with Gasteiger partial charge in [-0.3, -0.25) is 9.79 Å². The lowest BCUT2D eigenvalue weighted by molar-refractivity contribution is -0.121. The van der Waals surface area contributed by atoms with Gasteiger partial charge in [-0.05, 0) is 24.3 Å². The molecule has 1 aromatic rings. The number of amides is 1. The molecule has 2 N–H and O–H groups in total. The Morgan fingerprint density at radius 2 is 2.09 bits per heavy atom. The number of benzene rings is 1. The van der Waals surface area contributed by atoms with Crippen LogP contribution in [0.25, 0.3) is 0 Å². The van der Waals surface area contributed by atoms with E-state index in [-0.39, 0.29) is 5.91 Å². The van der Waals surface area contributed by atoms with Crippen LogP contribution in [0.3, 0.4) is 0 Å². The monoisotopic (exact) mass is 316 g/mol. The van der Waals surface area contributed by atoms with Crippen molar-refractivity contribution in [3.05, 3.63) is 35.9 Å². The number of hydrogen-bond donors (Lipinski definition) is 2. The zero-order valence-electron chi connectivity index (χ0n) is 14.2. The molecule has 0 aliphatic carbocycles. The molecule has 0 aromatic heterocycles. The molecule has 126 valence electrons. The van der Waals surface area contributed by atoms with Crippen molar-refractivity contribution < 1.29 is 4.79 Å². The molecule has 0 bridgehead atoms. The van der Waals surface area contributed by atoms with Crippen LogP contribution in [0.5, 0.6) is 0 Å². The minimum absolute atomic E-state index is 0.0591. The van der Waals surface area contributed by atoms with Crippen molar-refractivity contribution in [2.75, 3.05) is 26.7 Å². The van der Waals surface area contributed by atoms with Gasteiger partial charge in [-0.15, -0.1) is 0 Å². The molecule has 2 rings (SSSR count). The number of hydrogen-bond acceptors (Lipinski definition) is 2. The summed E-state index contributed by atoms with van der Waals surface area (Å²) in [4.78, 5) is 18.5. The summed E-state index contributed by atoms with van der Waals surface area (Å²) in [7, 11) is 1.80. The summed E-state index contributed by atoms with van der Waals surface area (Å²) in [6.45, 7) is 5.55. The molecule has 0 spiro atoms. The van der Waals surface area contributed by atoms with E-state index in [1.54, 1.807) is 7.05 Å². The van der Waals surface area contributed by atoms with E-state index in [0.717, 1.165) is 24.6 Å². The van der Waals surface area contributed by atoms with E-state index in [1.807, 2.05) is 30.3 Å². The van der Waals surface area contributed by atoms with Gasteiger partial charge in [-0.25, -0.2) is 0 Å². The van der Waals surface area contributed by atoms with Crippen LogP contribution in [0.1, 0.15) is 31.7 Å². The largest absolute Gasteiger partial charge is 0.356 e. The van der Waals surface area contributed by atoms with Crippen LogP contribution < -0.4 is 10.6 Å². The van der Waals surface area contributed by atoms with Gasteiger partial charge in [0.1, 0.15) is 0 Å². The van der Waals surface area contributed by atoms with E-state index < -0.39 is 0 Å². The van der Waals surface area contributed by atoms with Crippen LogP contribution in [0.2, 0.25) is 0 Å². The highest BCUT2D eigenvalue weighted by atomic mass is 16.1. The minimum atomic E-state index is 0.0591. The fourth-order valence-electron chi connectivity index (χ4n) is 2.89. The third-order valence-corrected chi connectivity index (χ3v) is 4.14. The van der Waals surface area contributed by atoms with Crippen LogP contribution in [0.15, 0.2) is 35.3 Å². The average Bonchev–Trinajstić information content (AvgIpc) is 2.58. The molecule has 1 aliphatic rings. The van der Waals surface area contributed by atoms with Gasteiger partial charge in [0, 0.05) is 39.6 Å². The normalized spacial score (nSPS) is 18.6. The standard InChI is InChI=1S/C18H28N4O/c1-15-7-6-12-22(14-15)18(19-2)20-11-10-17(23)21-13-16-8-4-3-5-9-16/h3-5,8-9,15H,6-7,10-14H2,1-2H3,(H,19,20)(H,21,23). The van der Waals surface area contributed by atoms with Crippen molar-refractivity contribution in [1.82, 2.24) is 15.5 Å². The van der Waals surface area contributed by atoms with Gasteiger partial charge in [0.25, 0.3) is 0 Å². The highest BCUT2D eigenvalue weighted by molar-refractivity contribution is 5.81. The second-order valence-electron chi connectivity index (χ2n) is 6.18. The predicted molar refractivity (Wildman–Crippen MR) is 94.2 cm³/mol. The molecule has 5 nitrogen and oxygen atoms in total. The third-order valence-electron chi connectivity index (χ3n) is 4.14. The lowest BCUT2D eigenvalue weighted by Gasteiger charge is -2.33. The Morgan fingerprint density at radius 1 is 1.30 bits per heavy atom. The fraction of sp³-hybridized carbons (Fsp3) is 0.556. The molecule has 1 atom stereocenters. The highest BCUT2D eigenvalue weighted by Gasteiger charge is 2.18. The topological polar surface area (TPSA) is 56.7 Å². The van der Waals surface area contributed by atoms with Crippen molar-refractivity contribution in [2.45, 2.75) is 32.7 Å². The second-order valence-corrected chi connectivity index (χ2v) is 6.18. The minimum Gasteiger partial charge on any atom is -0.356 e. The number of aliphatic imine (C=N–C) groups is 1. The molecule has 1 aromatic carbocycles. The quantitative estimate of drug-likeness (QED) is 0.645. The van der Waals surface area contributed by atoms with Crippen LogP contribution in [-0.2, 0) is 11.3 Å². The molecule has 1 amide bonds. The first kappa shape index (κ1) is 17.3. The van der Waals surface area contributed by atoms with Crippen LogP contribution in [-0.4, -0.2) is 43.4 Å². The van der Waals surface area contributed by atoms with Crippen LogP contribution in [0.4, 0.5) is 0 Å². The number of nitrogens with one attached hydrogen (secondary N) is 2. The van der Waals surface area contributed by atoms with Gasteiger partial charge < -0.3 is 15.5 Å². The highest BCUT2D eigenvalue weighted by Crippen LogP contribution is 2.15. The first-order valence-corrected chi connectivity index (χ1v) is 8.45. The maximum atomic E-state index is 11.9. The summed E-state index contributed by atoms with van der Waals surface area (Å²) in [6.07, 6.45) is 2.95. The lowest BCUT2D eigenvalue weighted by Crippen LogP contribution is -2.46. The number of rotatable bonds is 5. The Hall–Kier alpha value is -2.04. The zero-order valence-corrected chi connectivity index (χ0v) is 14.2. The number of guanidine groups is 1. The summed E-state index contributed by atoms with van der Waals surface area (Å²) in [5.74, 6) is 1.67. The number of carbonyl (C=O) groups is 1. The van der Waals surface area contributed by atoms with E-state index in [9.17, 15) is 4.79 Å². The van der Waals surface area contributed by atoms with Gasteiger partial charge in [0.05, 0.1) is 0 Å². The Morgan fingerprint density at radius 3 is 2.78 bits per heavy atom.